The van der Waals surface area contributed by atoms with E-state index in [-0.39, 0.29) is 0 Å². The minimum Gasteiger partial charge on any atom is -0.351 e. The van der Waals surface area contributed by atoms with E-state index in [4.69, 9.17) is 0 Å². The smallest absolute Gasteiger partial charge is 0.222 e. The third kappa shape index (κ3) is 2.13. The highest BCUT2D eigenvalue weighted by Gasteiger charge is 2.39. The van der Waals surface area contributed by atoms with Gasteiger partial charge in [0.25, 0.3) is 0 Å². The fourth-order valence-corrected chi connectivity index (χ4v) is 2.24. The summed E-state index contributed by atoms with van der Waals surface area (Å²) in [5.74, 6) is 1.34. The number of hydrogen-bond donors (Lipinski definition) is 1. The van der Waals surface area contributed by atoms with Gasteiger partial charge in [0.15, 0.2) is 0 Å². The molecule has 3 nitrogen and oxygen atoms in total. The molecule has 1 aromatic heterocycles. The Hall–Kier alpha value is -1.90. The summed E-state index contributed by atoms with van der Waals surface area (Å²) in [7, 11) is 0. The number of benzene rings is 1. The predicted molar refractivity (Wildman–Crippen MR) is 68.0 cm³/mol. The predicted octanol–water partition coefficient (Wildman–Crippen LogP) is 2.75. The quantitative estimate of drug-likeness (QED) is 0.872. The Morgan fingerprint density at radius 3 is 2.65 bits per heavy atom. The van der Waals surface area contributed by atoms with Crippen LogP contribution in [-0.2, 0) is 0 Å². The second-order valence-corrected chi connectivity index (χ2v) is 4.52. The summed E-state index contributed by atoms with van der Waals surface area (Å²) in [4.78, 5) is 8.37. The molecule has 1 aromatic carbocycles. The van der Waals surface area contributed by atoms with Gasteiger partial charge in [0.2, 0.25) is 5.95 Å². The van der Waals surface area contributed by atoms with Gasteiger partial charge < -0.3 is 5.32 Å². The molecule has 17 heavy (non-hydrogen) atoms. The van der Waals surface area contributed by atoms with Crippen LogP contribution in [0.3, 0.4) is 0 Å². The Bertz CT molecular complexity index is 510. The second kappa shape index (κ2) is 4.17. The molecule has 2 atom stereocenters. The zero-order valence-electron chi connectivity index (χ0n) is 9.80. The highest BCUT2D eigenvalue weighted by Crippen LogP contribution is 2.43. The van der Waals surface area contributed by atoms with Crippen LogP contribution in [0.5, 0.6) is 0 Å². The summed E-state index contributed by atoms with van der Waals surface area (Å²) >= 11 is 0. The van der Waals surface area contributed by atoms with Gasteiger partial charge in [-0.15, -0.1) is 0 Å². The number of aromatic nitrogens is 2. The van der Waals surface area contributed by atoms with Crippen molar-refractivity contribution in [2.24, 2.45) is 0 Å². The molecule has 1 aliphatic carbocycles. The van der Waals surface area contributed by atoms with Gasteiger partial charge in [-0.1, -0.05) is 24.3 Å². The van der Waals surface area contributed by atoms with Crippen molar-refractivity contribution in [2.75, 3.05) is 5.32 Å². The summed E-state index contributed by atoms with van der Waals surface area (Å²) in [6.45, 7) is 2.17. The first-order valence-corrected chi connectivity index (χ1v) is 5.93. The molecule has 1 N–H and O–H groups in total. The van der Waals surface area contributed by atoms with E-state index < -0.39 is 0 Å². The molecule has 0 spiro atoms. The van der Waals surface area contributed by atoms with E-state index in [2.05, 4.69) is 46.5 Å². The molecule has 0 aliphatic heterocycles. The summed E-state index contributed by atoms with van der Waals surface area (Å²) in [5.41, 5.74) is 2.82. The molecule has 86 valence electrons. The number of aryl methyl sites for hydroxylation is 1. The number of anilines is 1. The van der Waals surface area contributed by atoms with Crippen LogP contribution in [-0.4, -0.2) is 16.0 Å². The molecule has 3 heteroatoms. The maximum atomic E-state index is 4.19. The summed E-state index contributed by atoms with van der Waals surface area (Å²) in [6, 6.07) is 10.9. The molecule has 0 radical (unpaired) electrons. The highest BCUT2D eigenvalue weighted by atomic mass is 15.1. The molecule has 2 aromatic rings. The number of nitrogens with zero attached hydrogens (tertiary/aromatic N) is 2. The van der Waals surface area contributed by atoms with Crippen LogP contribution in [0.4, 0.5) is 5.95 Å². The van der Waals surface area contributed by atoms with Crippen molar-refractivity contribution in [1.82, 2.24) is 9.97 Å². The highest BCUT2D eigenvalue weighted by molar-refractivity contribution is 5.40. The molecule has 0 bridgehead atoms. The lowest BCUT2D eigenvalue weighted by molar-refractivity contribution is 0.993. The van der Waals surface area contributed by atoms with Gasteiger partial charge in [-0.2, -0.15) is 0 Å². The van der Waals surface area contributed by atoms with E-state index >= 15 is 0 Å². The van der Waals surface area contributed by atoms with E-state index in [1.54, 1.807) is 12.4 Å². The molecule has 0 unspecified atom stereocenters. The molecule has 1 fully saturated rings. The van der Waals surface area contributed by atoms with Crippen molar-refractivity contribution in [3.05, 3.63) is 53.9 Å². The molecule has 1 saturated carbocycles. The topological polar surface area (TPSA) is 37.8 Å². The van der Waals surface area contributed by atoms with Gasteiger partial charge in [0.1, 0.15) is 0 Å². The molecule has 0 amide bonds. The molecule has 3 rings (SSSR count). The number of hydrogen-bond acceptors (Lipinski definition) is 3. The fraction of sp³-hybridized carbons (Fsp3) is 0.286. The average molecular weight is 225 g/mol. The molecular formula is C14H15N3. The number of nitrogens with one attached hydrogen (secondary N) is 1. The summed E-state index contributed by atoms with van der Waals surface area (Å²) in [6.07, 6.45) is 4.70. The van der Waals surface area contributed by atoms with Crippen molar-refractivity contribution in [3.63, 3.8) is 0 Å². The third-order valence-corrected chi connectivity index (χ3v) is 3.26. The number of rotatable bonds is 3. The molecule has 1 heterocycles. The minimum absolute atomic E-state index is 0.485. The van der Waals surface area contributed by atoms with Crippen LogP contribution >= 0.6 is 0 Å². The summed E-state index contributed by atoms with van der Waals surface area (Å²) in [5, 5.41) is 3.37. The third-order valence-electron chi connectivity index (χ3n) is 3.26. The normalized spacial score (nSPS) is 22.2. The lowest BCUT2D eigenvalue weighted by Gasteiger charge is -2.06. The zero-order valence-corrected chi connectivity index (χ0v) is 9.80. The molecule has 1 aliphatic rings. The first kappa shape index (κ1) is 10.3. The van der Waals surface area contributed by atoms with Gasteiger partial charge in [-0.05, 0) is 30.5 Å². The Morgan fingerprint density at radius 1 is 1.12 bits per heavy atom. The Morgan fingerprint density at radius 2 is 1.88 bits per heavy atom. The van der Waals surface area contributed by atoms with Gasteiger partial charge in [0, 0.05) is 24.4 Å². The van der Waals surface area contributed by atoms with E-state index in [1.807, 2.05) is 6.07 Å². The van der Waals surface area contributed by atoms with Crippen molar-refractivity contribution >= 4 is 5.95 Å². The maximum Gasteiger partial charge on any atom is 0.222 e. The fourth-order valence-electron chi connectivity index (χ4n) is 2.24. The van der Waals surface area contributed by atoms with Crippen molar-refractivity contribution in [2.45, 2.75) is 25.3 Å². The van der Waals surface area contributed by atoms with Crippen LogP contribution < -0.4 is 5.32 Å². The lowest BCUT2D eigenvalue weighted by atomic mass is 10.0. The Labute approximate surface area is 101 Å². The van der Waals surface area contributed by atoms with Gasteiger partial charge in [-0.3, -0.25) is 0 Å². The van der Waals surface area contributed by atoms with Crippen molar-refractivity contribution in [1.29, 1.82) is 0 Å². The molecular weight excluding hydrogens is 210 g/mol. The first-order chi connectivity index (χ1) is 8.34. The lowest BCUT2D eigenvalue weighted by Crippen LogP contribution is -2.07. The van der Waals surface area contributed by atoms with Gasteiger partial charge in [0.05, 0.1) is 0 Å². The Kier molecular flexibility index (Phi) is 2.52. The monoisotopic (exact) mass is 225 g/mol. The van der Waals surface area contributed by atoms with E-state index in [1.165, 1.54) is 17.5 Å². The van der Waals surface area contributed by atoms with Crippen LogP contribution in [0.2, 0.25) is 0 Å². The zero-order chi connectivity index (χ0) is 11.7. The largest absolute Gasteiger partial charge is 0.351 e. The van der Waals surface area contributed by atoms with Crippen molar-refractivity contribution in [3.8, 4) is 0 Å². The maximum absolute atomic E-state index is 4.19. The second-order valence-electron chi connectivity index (χ2n) is 4.52. The van der Waals surface area contributed by atoms with E-state index in [9.17, 15) is 0 Å². The summed E-state index contributed by atoms with van der Waals surface area (Å²) < 4.78 is 0. The van der Waals surface area contributed by atoms with E-state index in [0.29, 0.717) is 12.0 Å². The van der Waals surface area contributed by atoms with E-state index in [0.717, 1.165) is 5.95 Å². The average Bonchev–Trinajstić information content (AvgIpc) is 3.10. The van der Waals surface area contributed by atoms with Crippen molar-refractivity contribution < 1.29 is 0 Å². The minimum atomic E-state index is 0.485. The van der Waals surface area contributed by atoms with Gasteiger partial charge >= 0.3 is 0 Å². The van der Waals surface area contributed by atoms with Crippen LogP contribution in [0.15, 0.2) is 42.7 Å². The molecule has 0 saturated heterocycles. The standard InChI is InChI=1S/C14H15N3/c1-10-5-2-3-6-11(10)12-9-13(12)17-14-15-7-4-8-16-14/h2-8,12-13H,9H2,1H3,(H,15,16,17)/t12-,13-/m1/s1. The first-order valence-electron chi connectivity index (χ1n) is 5.93. The SMILES string of the molecule is Cc1ccccc1[C@H]1C[C@H]1Nc1ncccn1. The van der Waals surface area contributed by atoms with Gasteiger partial charge in [-0.25, -0.2) is 9.97 Å². The van der Waals surface area contributed by atoms with Crippen LogP contribution in [0, 0.1) is 6.92 Å². The van der Waals surface area contributed by atoms with Crippen LogP contribution in [0.25, 0.3) is 0 Å². The Balaban J connectivity index is 1.70. The van der Waals surface area contributed by atoms with Crippen LogP contribution in [0.1, 0.15) is 23.5 Å².